The van der Waals surface area contributed by atoms with Crippen molar-refractivity contribution in [3.05, 3.63) is 23.8 Å². The van der Waals surface area contributed by atoms with Crippen LogP contribution in [0.1, 0.15) is 59.3 Å². The van der Waals surface area contributed by atoms with Gasteiger partial charge in [-0.1, -0.05) is 32.4 Å². The van der Waals surface area contributed by atoms with Crippen molar-refractivity contribution in [1.29, 1.82) is 0 Å². The fourth-order valence-corrected chi connectivity index (χ4v) is 7.51. The van der Waals surface area contributed by atoms with Crippen LogP contribution in [0.15, 0.2) is 23.8 Å². The molecule has 3 saturated carbocycles. The standard InChI is InChI=1S/C24H31O9P/c1-4-20(28)33-24(19(27)13-32-34(29,30)31)10-8-17-16-6-5-14-11-15(25)7-9-22(14,2)21(16)18(26)12-23(17,24)3/h7,9,11,16-17,21H,4-6,8,10,12-13H2,1-3H3,(H2,29,30,31)/t16-,17-,21+,22-,23-,24-/m0/s1. The van der Waals surface area contributed by atoms with Crippen LogP contribution in [0.3, 0.4) is 0 Å². The molecule has 10 heteroatoms. The lowest BCUT2D eigenvalue weighted by molar-refractivity contribution is -0.191. The molecule has 0 aromatic rings. The van der Waals surface area contributed by atoms with Crippen molar-refractivity contribution in [3.8, 4) is 0 Å². The molecule has 0 aliphatic heterocycles. The number of fused-ring (bicyclic) bond motifs is 5. The number of hydrogen-bond acceptors (Lipinski definition) is 7. The van der Waals surface area contributed by atoms with Gasteiger partial charge in [0.15, 0.2) is 11.4 Å². The number of rotatable bonds is 6. The van der Waals surface area contributed by atoms with Gasteiger partial charge in [-0.15, -0.1) is 0 Å². The Morgan fingerprint density at radius 3 is 2.56 bits per heavy atom. The van der Waals surface area contributed by atoms with Crippen molar-refractivity contribution in [2.24, 2.45) is 28.6 Å². The quantitative estimate of drug-likeness (QED) is 0.421. The minimum Gasteiger partial charge on any atom is -0.450 e. The molecule has 0 saturated heterocycles. The molecule has 0 radical (unpaired) electrons. The summed E-state index contributed by atoms with van der Waals surface area (Å²) < 4.78 is 21.5. The maximum absolute atomic E-state index is 13.7. The molecule has 0 bridgehead atoms. The van der Waals surface area contributed by atoms with Gasteiger partial charge in [0.25, 0.3) is 0 Å². The van der Waals surface area contributed by atoms with Crippen LogP contribution in [-0.4, -0.2) is 45.3 Å². The highest BCUT2D eigenvalue weighted by atomic mass is 31.2. The Labute approximate surface area is 198 Å². The summed E-state index contributed by atoms with van der Waals surface area (Å²) in [5.41, 5.74) is -2.35. The van der Waals surface area contributed by atoms with E-state index < -0.39 is 42.6 Å². The third-order valence-electron chi connectivity index (χ3n) is 8.77. The number of phosphoric ester groups is 1. The summed E-state index contributed by atoms with van der Waals surface area (Å²) in [5, 5.41) is 0. The van der Waals surface area contributed by atoms with Gasteiger partial charge in [0.2, 0.25) is 5.78 Å². The van der Waals surface area contributed by atoms with Crippen LogP contribution in [0.4, 0.5) is 0 Å². The molecule has 0 spiro atoms. The Morgan fingerprint density at radius 2 is 1.91 bits per heavy atom. The van der Waals surface area contributed by atoms with Gasteiger partial charge < -0.3 is 14.5 Å². The van der Waals surface area contributed by atoms with Crippen LogP contribution >= 0.6 is 7.82 Å². The number of carbonyl (C=O) groups is 4. The molecule has 0 heterocycles. The molecule has 0 unspecified atom stereocenters. The van der Waals surface area contributed by atoms with Crippen LogP contribution in [0.5, 0.6) is 0 Å². The van der Waals surface area contributed by atoms with Gasteiger partial charge in [-0.2, -0.15) is 0 Å². The maximum atomic E-state index is 13.7. The summed E-state index contributed by atoms with van der Waals surface area (Å²) in [4.78, 5) is 69.8. The zero-order valence-electron chi connectivity index (χ0n) is 19.6. The summed E-state index contributed by atoms with van der Waals surface area (Å²) in [6.45, 7) is 4.44. The van der Waals surface area contributed by atoms with Crippen LogP contribution < -0.4 is 0 Å². The van der Waals surface area contributed by atoms with Gasteiger partial charge in [0.05, 0.1) is 0 Å². The lowest BCUT2D eigenvalue weighted by Gasteiger charge is -2.57. The van der Waals surface area contributed by atoms with Crippen molar-refractivity contribution >= 4 is 31.1 Å². The van der Waals surface area contributed by atoms with E-state index in [0.717, 1.165) is 5.57 Å². The van der Waals surface area contributed by atoms with Gasteiger partial charge in [-0.05, 0) is 49.7 Å². The van der Waals surface area contributed by atoms with Crippen molar-refractivity contribution in [2.45, 2.75) is 64.9 Å². The highest BCUT2D eigenvalue weighted by Crippen LogP contribution is 2.67. The van der Waals surface area contributed by atoms with Crippen LogP contribution in [0.2, 0.25) is 0 Å². The number of ketones is 3. The summed E-state index contributed by atoms with van der Waals surface area (Å²) in [6.07, 6.45) is 6.99. The molecular weight excluding hydrogens is 463 g/mol. The SMILES string of the molecule is CCC(=O)O[C@]1(C(=O)COP(=O)(O)O)CC[C@H]2[C@@H]3CCC4=CC(=O)C=C[C@]4(C)[C@H]3C(=O)C[C@@]21C. The van der Waals surface area contributed by atoms with Crippen molar-refractivity contribution < 1.29 is 42.8 Å². The third kappa shape index (κ3) is 3.77. The molecule has 6 atom stereocenters. The lowest BCUT2D eigenvalue weighted by Crippen LogP contribution is -2.62. The van der Waals surface area contributed by atoms with Crippen LogP contribution in [-0.2, 0) is 33.0 Å². The normalized spacial score (nSPS) is 39.1. The van der Waals surface area contributed by atoms with Gasteiger partial charge >= 0.3 is 13.8 Å². The molecule has 0 aromatic heterocycles. The smallest absolute Gasteiger partial charge is 0.450 e. The highest BCUT2D eigenvalue weighted by molar-refractivity contribution is 7.46. The van der Waals surface area contributed by atoms with Gasteiger partial charge in [-0.25, -0.2) is 4.57 Å². The first-order valence-corrected chi connectivity index (χ1v) is 13.2. The molecule has 0 aromatic carbocycles. The molecule has 34 heavy (non-hydrogen) atoms. The van der Waals surface area contributed by atoms with E-state index in [1.54, 1.807) is 19.9 Å². The largest absolute Gasteiger partial charge is 0.470 e. The second-order valence-corrected chi connectivity index (χ2v) is 11.7. The number of carbonyl (C=O) groups excluding carboxylic acids is 4. The van der Waals surface area contributed by atoms with Gasteiger partial charge in [-0.3, -0.25) is 23.7 Å². The zero-order valence-corrected chi connectivity index (χ0v) is 20.5. The summed E-state index contributed by atoms with van der Waals surface area (Å²) >= 11 is 0. The van der Waals surface area contributed by atoms with E-state index >= 15 is 0 Å². The van der Waals surface area contributed by atoms with E-state index in [1.807, 2.05) is 13.0 Å². The first-order valence-electron chi connectivity index (χ1n) is 11.7. The van der Waals surface area contributed by atoms with E-state index in [2.05, 4.69) is 4.52 Å². The average Bonchev–Trinajstić information content (AvgIpc) is 3.04. The minimum atomic E-state index is -4.93. The number of allylic oxidation sites excluding steroid dienone is 4. The second kappa shape index (κ2) is 8.33. The molecule has 0 amide bonds. The van der Waals surface area contributed by atoms with Crippen LogP contribution in [0, 0.1) is 28.6 Å². The summed E-state index contributed by atoms with van der Waals surface area (Å²) in [5.74, 6) is -2.05. The molecule has 4 aliphatic rings. The number of Topliss-reactive ketones (excluding diaryl/α,β-unsaturated/α-hetero) is 2. The van der Waals surface area contributed by atoms with E-state index in [4.69, 9.17) is 14.5 Å². The van der Waals surface area contributed by atoms with Gasteiger partial charge in [0.1, 0.15) is 12.4 Å². The van der Waals surface area contributed by atoms with E-state index in [0.29, 0.717) is 19.3 Å². The van der Waals surface area contributed by atoms with E-state index in [9.17, 15) is 23.7 Å². The van der Waals surface area contributed by atoms with Crippen molar-refractivity contribution in [3.63, 3.8) is 0 Å². The van der Waals surface area contributed by atoms with Crippen molar-refractivity contribution in [2.75, 3.05) is 6.61 Å². The molecule has 2 N–H and O–H groups in total. The molecule has 4 aliphatic carbocycles. The molecule has 3 fully saturated rings. The first-order chi connectivity index (χ1) is 15.8. The lowest BCUT2D eigenvalue weighted by atomic mass is 9.46. The monoisotopic (exact) mass is 494 g/mol. The van der Waals surface area contributed by atoms with E-state index in [1.165, 1.54) is 6.08 Å². The average molecular weight is 494 g/mol. The number of ether oxygens (including phenoxy) is 1. The zero-order chi connectivity index (χ0) is 25.1. The predicted octanol–water partition coefficient (Wildman–Crippen LogP) is 2.84. The molecular formula is C24H31O9P. The third-order valence-corrected chi connectivity index (χ3v) is 9.23. The first kappa shape index (κ1) is 25.2. The topological polar surface area (TPSA) is 144 Å². The fraction of sp³-hybridized carbons (Fsp3) is 0.667. The summed E-state index contributed by atoms with van der Waals surface area (Å²) in [7, 11) is -4.93. The fourth-order valence-electron chi connectivity index (χ4n) is 7.23. The Bertz CT molecular complexity index is 1050. The van der Waals surface area contributed by atoms with Crippen molar-refractivity contribution in [1.82, 2.24) is 0 Å². The Hall–Kier alpha value is -1.93. The van der Waals surface area contributed by atoms with Gasteiger partial charge in [0, 0.05) is 29.6 Å². The Balaban J connectivity index is 1.73. The van der Waals surface area contributed by atoms with E-state index in [-0.39, 0.29) is 48.6 Å². The Kier molecular flexibility index (Phi) is 6.17. The summed E-state index contributed by atoms with van der Waals surface area (Å²) in [6, 6.07) is 0. The molecule has 9 nitrogen and oxygen atoms in total. The predicted molar refractivity (Wildman–Crippen MR) is 119 cm³/mol. The minimum absolute atomic E-state index is 0.0118. The number of esters is 1. The Morgan fingerprint density at radius 1 is 1.21 bits per heavy atom. The number of hydrogen-bond donors (Lipinski definition) is 2. The molecule has 4 rings (SSSR count). The molecule has 186 valence electrons. The maximum Gasteiger partial charge on any atom is 0.470 e. The second-order valence-electron chi connectivity index (χ2n) is 10.4. The van der Waals surface area contributed by atoms with Crippen LogP contribution in [0.25, 0.3) is 0 Å². The number of phosphoric acid groups is 1. The highest BCUT2D eigenvalue weighted by Gasteiger charge is 2.70.